The number of halogens is 1. The van der Waals surface area contributed by atoms with Gasteiger partial charge in [-0.25, -0.2) is 0 Å². The number of ketones is 1. The normalized spacial score (nSPS) is 27.5. The Hall–Kier alpha value is -3.23. The maximum atomic E-state index is 14.3. The summed E-state index contributed by atoms with van der Waals surface area (Å²) in [5, 5.41) is 12.2. The van der Waals surface area contributed by atoms with Crippen LogP contribution in [-0.2, 0) is 25.5 Å². The molecule has 5 rings (SSSR count). The fraction of sp³-hybridized carbons (Fsp3) is 0.240. The van der Waals surface area contributed by atoms with E-state index in [0.29, 0.717) is 11.1 Å². The summed E-state index contributed by atoms with van der Waals surface area (Å²) in [5.74, 6) is -3.24. The van der Waals surface area contributed by atoms with Crippen molar-refractivity contribution in [1.29, 1.82) is 0 Å². The number of esters is 1. The van der Waals surface area contributed by atoms with Crippen LogP contribution >= 0.6 is 15.9 Å². The molecule has 1 N–H and O–H groups in total. The molecule has 2 aromatic carbocycles. The van der Waals surface area contributed by atoms with Gasteiger partial charge < -0.3 is 19.3 Å². The molecule has 1 unspecified atom stereocenters. The molecule has 2 bridgehead atoms. The van der Waals surface area contributed by atoms with Crippen molar-refractivity contribution < 1.29 is 28.9 Å². The molecule has 0 radical (unpaired) electrons. The molecule has 0 saturated heterocycles. The molecule has 1 fully saturated rings. The standard InChI is InChI=1S/C25H20BrNO6/c1-31-17-12-27-13-18-20(17)24(30)21(22(28)32-2)19(14-6-4-3-5-7-14)25(33-18,23(24)29)15-8-10-16(26)11-9-15/h3-13,19,21,30H,1-2H3/t19-,21-,24-,25?/m0/s1. The number of carbonyl (C=O) groups is 2. The lowest BCUT2D eigenvalue weighted by atomic mass is 9.75. The van der Waals surface area contributed by atoms with Gasteiger partial charge in [0, 0.05) is 10.0 Å². The molecular weight excluding hydrogens is 490 g/mol. The fourth-order valence-corrected chi connectivity index (χ4v) is 5.48. The summed E-state index contributed by atoms with van der Waals surface area (Å²) in [7, 11) is 2.64. The van der Waals surface area contributed by atoms with Gasteiger partial charge in [-0.15, -0.1) is 0 Å². The van der Waals surface area contributed by atoms with E-state index in [4.69, 9.17) is 14.2 Å². The molecule has 2 aliphatic rings. The summed E-state index contributed by atoms with van der Waals surface area (Å²) in [6.07, 6.45) is 2.80. The molecular formula is C25H20BrNO6. The van der Waals surface area contributed by atoms with E-state index >= 15 is 0 Å². The Labute approximate surface area is 198 Å². The van der Waals surface area contributed by atoms with E-state index in [1.807, 2.05) is 30.3 Å². The Kier molecular flexibility index (Phi) is 5.02. The van der Waals surface area contributed by atoms with Crippen molar-refractivity contribution in [3.63, 3.8) is 0 Å². The monoisotopic (exact) mass is 509 g/mol. The maximum Gasteiger partial charge on any atom is 0.313 e. The minimum Gasteiger partial charge on any atom is -0.495 e. The first-order chi connectivity index (χ1) is 15.9. The lowest BCUT2D eigenvalue weighted by molar-refractivity contribution is -0.162. The molecule has 168 valence electrons. The second kappa shape index (κ2) is 7.67. The molecule has 2 heterocycles. The van der Waals surface area contributed by atoms with Gasteiger partial charge in [0.05, 0.1) is 38.1 Å². The second-order valence-electron chi connectivity index (χ2n) is 8.04. The molecule has 1 aliphatic carbocycles. The summed E-state index contributed by atoms with van der Waals surface area (Å²) in [6, 6.07) is 16.1. The van der Waals surface area contributed by atoms with E-state index in [-0.39, 0.29) is 17.1 Å². The highest BCUT2D eigenvalue weighted by atomic mass is 79.9. The first-order valence-corrected chi connectivity index (χ1v) is 11.1. The van der Waals surface area contributed by atoms with Crippen LogP contribution in [0.15, 0.2) is 71.5 Å². The summed E-state index contributed by atoms with van der Waals surface area (Å²) in [6.45, 7) is 0. The summed E-state index contributed by atoms with van der Waals surface area (Å²) < 4.78 is 17.8. The molecule has 3 aromatic rings. The maximum absolute atomic E-state index is 14.3. The van der Waals surface area contributed by atoms with Crippen LogP contribution in [0.3, 0.4) is 0 Å². The van der Waals surface area contributed by atoms with Gasteiger partial charge in [-0.2, -0.15) is 0 Å². The van der Waals surface area contributed by atoms with E-state index < -0.39 is 34.8 Å². The third kappa shape index (κ3) is 2.80. The van der Waals surface area contributed by atoms with Gasteiger partial charge in [-0.3, -0.25) is 14.6 Å². The number of hydrogen-bond acceptors (Lipinski definition) is 7. The second-order valence-corrected chi connectivity index (χ2v) is 8.96. The number of rotatable bonds is 4. The Morgan fingerprint density at radius 2 is 1.79 bits per heavy atom. The molecule has 7 nitrogen and oxygen atoms in total. The number of hydrogen-bond donors (Lipinski definition) is 1. The Bertz CT molecular complexity index is 1250. The van der Waals surface area contributed by atoms with Crippen LogP contribution in [0.1, 0.15) is 22.6 Å². The number of pyridine rings is 1. The van der Waals surface area contributed by atoms with Gasteiger partial charge in [-0.1, -0.05) is 58.4 Å². The van der Waals surface area contributed by atoms with Gasteiger partial charge in [0.15, 0.2) is 5.60 Å². The molecule has 8 heteroatoms. The molecule has 1 saturated carbocycles. The fourth-order valence-electron chi connectivity index (χ4n) is 5.21. The van der Waals surface area contributed by atoms with Gasteiger partial charge in [0.25, 0.3) is 0 Å². The Balaban J connectivity index is 1.91. The molecule has 1 aliphatic heterocycles. The van der Waals surface area contributed by atoms with Crippen LogP contribution in [0.2, 0.25) is 0 Å². The predicted molar refractivity (Wildman–Crippen MR) is 121 cm³/mol. The van der Waals surface area contributed by atoms with Gasteiger partial charge in [0.1, 0.15) is 17.4 Å². The summed E-state index contributed by atoms with van der Waals surface area (Å²) >= 11 is 3.42. The van der Waals surface area contributed by atoms with E-state index in [1.54, 1.807) is 24.3 Å². The number of aromatic nitrogens is 1. The quantitative estimate of drug-likeness (QED) is 0.537. The SMILES string of the molecule is COC(=O)[C@@H]1[C@H](c2ccccc2)C2(c3ccc(Br)cc3)Oc3cncc(OC)c3[C@@]1(O)C2=O. The Morgan fingerprint density at radius 1 is 1.09 bits per heavy atom. The van der Waals surface area contributed by atoms with Crippen molar-refractivity contribution >= 4 is 27.7 Å². The minimum absolute atomic E-state index is 0.0755. The number of aliphatic hydroxyl groups is 1. The third-order valence-corrected chi connectivity index (χ3v) is 7.07. The van der Waals surface area contributed by atoms with Crippen molar-refractivity contribution in [2.45, 2.75) is 17.1 Å². The number of nitrogens with zero attached hydrogens (tertiary/aromatic N) is 1. The smallest absolute Gasteiger partial charge is 0.313 e. The van der Waals surface area contributed by atoms with Crippen molar-refractivity contribution in [2.75, 3.05) is 14.2 Å². The zero-order valence-corrected chi connectivity index (χ0v) is 19.4. The number of carbonyl (C=O) groups excluding carboxylic acids is 2. The van der Waals surface area contributed by atoms with Crippen LogP contribution in [-0.4, -0.2) is 36.1 Å². The average molecular weight is 510 g/mol. The van der Waals surface area contributed by atoms with Crippen LogP contribution in [0, 0.1) is 5.92 Å². The van der Waals surface area contributed by atoms with Gasteiger partial charge in [-0.05, 0) is 17.7 Å². The van der Waals surface area contributed by atoms with Crippen LogP contribution < -0.4 is 9.47 Å². The number of methoxy groups -OCH3 is 2. The summed E-state index contributed by atoms with van der Waals surface area (Å²) in [5.41, 5.74) is -2.73. The molecule has 1 aromatic heterocycles. The largest absolute Gasteiger partial charge is 0.495 e. The third-order valence-electron chi connectivity index (χ3n) is 6.54. The lowest BCUT2D eigenvalue weighted by Crippen LogP contribution is -2.51. The van der Waals surface area contributed by atoms with Crippen LogP contribution in [0.5, 0.6) is 11.5 Å². The number of fused-ring (bicyclic) bond motifs is 4. The predicted octanol–water partition coefficient (Wildman–Crippen LogP) is 3.48. The van der Waals surface area contributed by atoms with Crippen molar-refractivity contribution in [3.05, 3.63) is 88.2 Å². The van der Waals surface area contributed by atoms with E-state index in [0.717, 1.165) is 4.47 Å². The average Bonchev–Trinajstić information content (AvgIpc) is 2.96. The zero-order valence-electron chi connectivity index (χ0n) is 17.8. The lowest BCUT2D eigenvalue weighted by Gasteiger charge is -2.39. The molecule has 0 spiro atoms. The van der Waals surface area contributed by atoms with Crippen molar-refractivity contribution in [3.8, 4) is 11.5 Å². The molecule has 33 heavy (non-hydrogen) atoms. The highest BCUT2D eigenvalue weighted by molar-refractivity contribution is 9.10. The number of Topliss-reactive ketones (excluding diaryl/α,β-unsaturated/α-hetero) is 1. The molecule has 0 amide bonds. The zero-order chi connectivity index (χ0) is 23.4. The first-order valence-electron chi connectivity index (χ1n) is 10.3. The first kappa shape index (κ1) is 21.6. The van der Waals surface area contributed by atoms with Gasteiger partial charge >= 0.3 is 5.97 Å². The minimum atomic E-state index is -2.26. The van der Waals surface area contributed by atoms with E-state index in [1.165, 1.54) is 26.6 Å². The summed E-state index contributed by atoms with van der Waals surface area (Å²) in [4.78, 5) is 31.7. The van der Waals surface area contributed by atoms with Crippen molar-refractivity contribution in [1.82, 2.24) is 4.98 Å². The Morgan fingerprint density at radius 3 is 2.42 bits per heavy atom. The highest BCUT2D eigenvalue weighted by Gasteiger charge is 2.77. The van der Waals surface area contributed by atoms with Crippen LogP contribution in [0.25, 0.3) is 0 Å². The highest BCUT2D eigenvalue weighted by Crippen LogP contribution is 2.65. The van der Waals surface area contributed by atoms with Crippen LogP contribution in [0.4, 0.5) is 0 Å². The van der Waals surface area contributed by atoms with Crippen molar-refractivity contribution in [2.24, 2.45) is 5.92 Å². The topological polar surface area (TPSA) is 95.0 Å². The molecule has 4 atom stereocenters. The number of benzene rings is 2. The number of ether oxygens (including phenoxy) is 3. The van der Waals surface area contributed by atoms with Gasteiger partial charge in [0.2, 0.25) is 11.4 Å². The van der Waals surface area contributed by atoms with E-state index in [9.17, 15) is 14.7 Å². The van der Waals surface area contributed by atoms with E-state index in [2.05, 4.69) is 20.9 Å².